The van der Waals surface area contributed by atoms with E-state index in [1.807, 2.05) is 18.2 Å². The van der Waals surface area contributed by atoms with Crippen LogP contribution in [0.4, 0.5) is 0 Å². The predicted molar refractivity (Wildman–Crippen MR) is 214 cm³/mol. The minimum Gasteiger partial charge on any atom is -0.458 e. The number of aliphatic hydroxyl groups is 1. The second-order valence-corrected chi connectivity index (χ2v) is 20.0. The lowest BCUT2D eigenvalue weighted by atomic mass is 9.52. The molecule has 2 aromatic rings. The number of benzene rings is 2. The van der Waals surface area contributed by atoms with E-state index < -0.39 is 53.7 Å². The van der Waals surface area contributed by atoms with Crippen LogP contribution >= 0.6 is 0 Å². The summed E-state index contributed by atoms with van der Waals surface area (Å²) >= 11 is 0. The number of ether oxygens (including phenoxy) is 4. The molecule has 11 unspecified atom stereocenters. The number of carbonyl (C=O) groups is 3. The molecule has 1 spiro atoms. The van der Waals surface area contributed by atoms with Crippen LogP contribution in [0.25, 0.3) is 6.08 Å². The third kappa shape index (κ3) is 6.02. The van der Waals surface area contributed by atoms with Crippen molar-refractivity contribution in [3.63, 3.8) is 0 Å². The van der Waals surface area contributed by atoms with Gasteiger partial charge in [-0.25, -0.2) is 0 Å². The first-order valence-electron chi connectivity index (χ1n) is 22.1. The number of hydrogen-bond donors (Lipinski definition) is 2. The van der Waals surface area contributed by atoms with E-state index in [9.17, 15) is 14.7 Å². The highest BCUT2D eigenvalue weighted by molar-refractivity contribution is 5.96. The van der Waals surface area contributed by atoms with Gasteiger partial charge in [-0.3, -0.25) is 19.2 Å². The summed E-state index contributed by atoms with van der Waals surface area (Å²) in [7, 11) is 0. The first-order chi connectivity index (χ1) is 28.4. The molecule has 2 bridgehead atoms. The van der Waals surface area contributed by atoms with Crippen LogP contribution in [0.1, 0.15) is 94.4 Å². The minimum atomic E-state index is -1.37. The smallest absolute Gasteiger partial charge is 0.327 e. The van der Waals surface area contributed by atoms with Gasteiger partial charge in [0, 0.05) is 32.4 Å². The number of epoxide rings is 1. The van der Waals surface area contributed by atoms with E-state index in [4.69, 9.17) is 23.8 Å². The van der Waals surface area contributed by atoms with Crippen LogP contribution in [-0.4, -0.2) is 107 Å². The van der Waals surface area contributed by atoms with Gasteiger partial charge in [0.2, 0.25) is 11.8 Å². The van der Waals surface area contributed by atoms with Gasteiger partial charge in [0.15, 0.2) is 11.8 Å². The Bertz CT molecular complexity index is 2080. The van der Waals surface area contributed by atoms with Crippen molar-refractivity contribution in [2.45, 2.75) is 146 Å². The van der Waals surface area contributed by atoms with Gasteiger partial charge in [-0.2, -0.15) is 5.06 Å². The standard InChI is InChI=1S/C47H57N3O9/c1-44(2)24-32-29(13-14-36-45(3,56-36)16-15-33(32)44)21-27-8-6-9-28(20-27)26-50-39-42(53)55-35-25-47(39,43(54)49-18-7-12-34(49)41(52)48-17-19-51)40(59-50)38-37(35)57-46(58-38)22-30-10-4-5-11-31(30)23-46/h4-6,8-11,20-21,32-40,51H,7,12-19,22-26H2,1-3H3,(H,48,52). The molecule has 12 heteroatoms. The van der Waals surface area contributed by atoms with Crippen LogP contribution < -0.4 is 5.32 Å². The van der Waals surface area contributed by atoms with Gasteiger partial charge in [-0.15, -0.1) is 0 Å². The summed E-state index contributed by atoms with van der Waals surface area (Å²) in [6, 6.07) is 14.9. The normalized spacial score (nSPS) is 40.2. The molecule has 8 fully saturated rings. The number of amides is 2. The Morgan fingerprint density at radius 1 is 0.966 bits per heavy atom. The second kappa shape index (κ2) is 13.7. The summed E-state index contributed by atoms with van der Waals surface area (Å²) in [6.45, 7) is 7.63. The second-order valence-electron chi connectivity index (χ2n) is 20.0. The van der Waals surface area contributed by atoms with E-state index in [1.54, 1.807) is 9.96 Å². The Morgan fingerprint density at radius 3 is 2.54 bits per heavy atom. The lowest BCUT2D eigenvalue weighted by Crippen LogP contribution is -2.70. The van der Waals surface area contributed by atoms with Crippen molar-refractivity contribution in [1.82, 2.24) is 15.3 Å². The number of aliphatic hydroxyl groups excluding tert-OH is 1. The van der Waals surface area contributed by atoms with Crippen molar-refractivity contribution >= 4 is 23.9 Å². The van der Waals surface area contributed by atoms with E-state index in [-0.39, 0.29) is 43.5 Å². The molecule has 9 aliphatic rings. The summed E-state index contributed by atoms with van der Waals surface area (Å²) in [6.07, 6.45) is 7.84. The van der Waals surface area contributed by atoms with E-state index >= 15 is 4.79 Å². The quantitative estimate of drug-likeness (QED) is 0.301. The Balaban J connectivity index is 0.919. The molecule has 314 valence electrons. The zero-order valence-corrected chi connectivity index (χ0v) is 34.4. The number of esters is 1. The number of hydrogen-bond acceptors (Lipinski definition) is 10. The molecule has 2 amide bonds. The van der Waals surface area contributed by atoms with Crippen molar-refractivity contribution in [3.05, 3.63) is 76.4 Å². The summed E-state index contributed by atoms with van der Waals surface area (Å²) in [5, 5.41) is 13.9. The van der Waals surface area contributed by atoms with Crippen LogP contribution in [0.15, 0.2) is 54.1 Å². The highest BCUT2D eigenvalue weighted by Crippen LogP contribution is 2.61. The summed E-state index contributed by atoms with van der Waals surface area (Å²) < 4.78 is 26.3. The number of fused-ring (bicyclic) bond motifs is 7. The number of rotatable bonds is 7. The molecule has 4 aliphatic carbocycles. The molecular weight excluding hydrogens is 751 g/mol. The van der Waals surface area contributed by atoms with Gasteiger partial charge in [0.05, 0.1) is 24.9 Å². The van der Waals surface area contributed by atoms with Crippen LogP contribution in [0, 0.1) is 22.7 Å². The van der Waals surface area contributed by atoms with Crippen molar-refractivity contribution in [2.24, 2.45) is 22.7 Å². The number of nitrogens with one attached hydrogen (secondary N) is 1. The fraction of sp³-hybridized carbons (Fsp3) is 0.638. The molecule has 5 heterocycles. The molecule has 0 aromatic heterocycles. The van der Waals surface area contributed by atoms with Crippen molar-refractivity contribution in [1.29, 1.82) is 0 Å². The molecule has 12 nitrogen and oxygen atoms in total. The lowest BCUT2D eigenvalue weighted by molar-refractivity contribution is -0.218. The van der Waals surface area contributed by atoms with Gasteiger partial charge in [0.25, 0.3) is 0 Å². The van der Waals surface area contributed by atoms with E-state index in [1.165, 1.54) is 18.4 Å². The number of likely N-dealkylation sites (tertiary alicyclic amines) is 1. The third-order valence-corrected chi connectivity index (χ3v) is 16.0. The Kier molecular flexibility index (Phi) is 8.87. The third-order valence-electron chi connectivity index (χ3n) is 16.0. The van der Waals surface area contributed by atoms with Gasteiger partial charge in [0.1, 0.15) is 35.9 Å². The van der Waals surface area contributed by atoms with Crippen LogP contribution in [0.5, 0.6) is 0 Å². The molecule has 59 heavy (non-hydrogen) atoms. The largest absolute Gasteiger partial charge is 0.458 e. The topological polar surface area (TPSA) is 139 Å². The Labute approximate surface area is 345 Å². The van der Waals surface area contributed by atoms with Crippen molar-refractivity contribution < 1.29 is 43.3 Å². The number of hydroxylamine groups is 2. The van der Waals surface area contributed by atoms with E-state index in [0.29, 0.717) is 55.6 Å². The van der Waals surface area contributed by atoms with Crippen LogP contribution in [0.3, 0.4) is 0 Å². The molecular formula is C47H57N3O9. The van der Waals surface area contributed by atoms with Crippen LogP contribution in [-0.2, 0) is 57.6 Å². The molecule has 2 aromatic carbocycles. The zero-order valence-electron chi connectivity index (χ0n) is 34.4. The molecule has 0 radical (unpaired) electrons. The highest BCUT2D eigenvalue weighted by Gasteiger charge is 2.77. The lowest BCUT2D eigenvalue weighted by Gasteiger charge is -2.53. The molecule has 11 atom stereocenters. The van der Waals surface area contributed by atoms with Crippen LogP contribution in [0.2, 0.25) is 0 Å². The summed E-state index contributed by atoms with van der Waals surface area (Å²) in [5.41, 5.74) is 4.83. The van der Waals surface area contributed by atoms with Gasteiger partial charge >= 0.3 is 5.97 Å². The fourth-order valence-corrected chi connectivity index (χ4v) is 13.0. The number of allylic oxidation sites excluding steroid dienone is 1. The fourth-order valence-electron chi connectivity index (χ4n) is 13.0. The first kappa shape index (κ1) is 38.3. The maximum absolute atomic E-state index is 15.4. The summed E-state index contributed by atoms with van der Waals surface area (Å²) in [5.74, 6) is -0.883. The number of carbonyl (C=O) groups excluding carboxylic acids is 3. The molecule has 5 aliphatic heterocycles. The molecule has 5 saturated heterocycles. The van der Waals surface area contributed by atoms with Gasteiger partial charge in [-0.1, -0.05) is 74.0 Å². The SMILES string of the molecule is CC1(C)CC2C(=Cc3cccc(CN4OC5C6OC7(Cc8ccccc8C7)OC6C6CC5(C(=O)N5CCCC5C(=O)NCCO)C4C(=O)O6)c3)CCC3OC3(C)CCC21. The summed E-state index contributed by atoms with van der Waals surface area (Å²) in [4.78, 5) is 51.9. The maximum atomic E-state index is 15.4. The zero-order chi connectivity index (χ0) is 40.5. The number of nitrogens with zero attached hydrogens (tertiary/aromatic N) is 2. The molecule has 3 saturated carbocycles. The average Bonchev–Trinajstić information content (AvgIpc) is 3.73. The van der Waals surface area contributed by atoms with Crippen molar-refractivity contribution in [2.75, 3.05) is 19.7 Å². The van der Waals surface area contributed by atoms with E-state index in [2.05, 4.69) is 62.5 Å². The predicted octanol–water partition coefficient (Wildman–Crippen LogP) is 4.64. The highest BCUT2D eigenvalue weighted by atomic mass is 16.8. The monoisotopic (exact) mass is 807 g/mol. The van der Waals surface area contributed by atoms with Gasteiger partial charge in [-0.05, 0) is 91.4 Å². The first-order valence-corrected chi connectivity index (χ1v) is 22.1. The molecule has 2 N–H and O–H groups in total. The average molecular weight is 808 g/mol. The Hall–Kier alpha value is -3.65. The molecule has 11 rings (SSSR count). The minimum absolute atomic E-state index is 0.0257. The van der Waals surface area contributed by atoms with Crippen molar-refractivity contribution in [3.8, 4) is 0 Å². The van der Waals surface area contributed by atoms with E-state index in [0.717, 1.165) is 41.5 Å². The van der Waals surface area contributed by atoms with Gasteiger partial charge < -0.3 is 34.3 Å². The maximum Gasteiger partial charge on any atom is 0.327 e. The Morgan fingerprint density at radius 2 is 1.76 bits per heavy atom.